The number of benzene rings is 1. The average molecular weight is 571 g/mol. The van der Waals surface area contributed by atoms with Gasteiger partial charge in [0.1, 0.15) is 17.6 Å². The molecule has 0 saturated carbocycles. The van der Waals surface area contributed by atoms with Gasteiger partial charge < -0.3 is 15.0 Å². The van der Waals surface area contributed by atoms with Gasteiger partial charge in [-0.1, -0.05) is 43.1 Å². The molecule has 2 fully saturated rings. The predicted molar refractivity (Wildman–Crippen MR) is 163 cm³/mol. The first-order valence-electron chi connectivity index (χ1n) is 15.0. The lowest BCUT2D eigenvalue weighted by Crippen LogP contribution is -2.58. The minimum Gasteiger partial charge on any atom is -0.493 e. The Morgan fingerprint density at radius 1 is 1.22 bits per heavy atom. The molecule has 0 aliphatic carbocycles. The summed E-state index contributed by atoms with van der Waals surface area (Å²) in [6, 6.07) is 17.3. The number of ether oxygens (including phenoxy) is 1. The summed E-state index contributed by atoms with van der Waals surface area (Å²) in [5, 5.41) is 14.0. The summed E-state index contributed by atoms with van der Waals surface area (Å²) < 4.78 is 5.97. The van der Waals surface area contributed by atoms with Gasteiger partial charge in [-0.05, 0) is 68.5 Å². The minimum absolute atomic E-state index is 0.0123. The molecule has 8 heteroatoms. The van der Waals surface area contributed by atoms with Crippen molar-refractivity contribution >= 4 is 17.4 Å². The molecule has 5 heterocycles. The van der Waals surface area contributed by atoms with Gasteiger partial charge in [0.05, 0.1) is 28.6 Å². The summed E-state index contributed by atoms with van der Waals surface area (Å²) in [5.74, 6) is 2.01. The maximum Gasteiger partial charge on any atom is 0.146 e. The number of hydrogen-bond acceptors (Lipinski definition) is 7. The first-order valence-corrected chi connectivity index (χ1v) is 15.4. The van der Waals surface area contributed by atoms with Gasteiger partial charge in [-0.3, -0.25) is 9.88 Å². The van der Waals surface area contributed by atoms with E-state index >= 15 is 0 Å². The molecule has 3 aromatic rings. The molecule has 1 spiro atoms. The normalized spacial score (nSPS) is 24.3. The highest BCUT2D eigenvalue weighted by atomic mass is 35.5. The van der Waals surface area contributed by atoms with Gasteiger partial charge in [-0.25, -0.2) is 4.98 Å². The number of pyridine rings is 2. The number of anilines is 1. The van der Waals surface area contributed by atoms with E-state index in [4.69, 9.17) is 21.3 Å². The Labute approximate surface area is 248 Å². The first kappa shape index (κ1) is 28.0. The Morgan fingerprint density at radius 2 is 2.10 bits per heavy atom. The Bertz CT molecular complexity index is 1430. The molecule has 6 rings (SSSR count). The molecular formula is C33H39ClN6O. The van der Waals surface area contributed by atoms with Crippen LogP contribution in [-0.4, -0.2) is 60.2 Å². The number of nitrogens with zero attached hydrogens (tertiary/aromatic N) is 5. The maximum absolute atomic E-state index is 9.81. The van der Waals surface area contributed by atoms with Gasteiger partial charge in [-0.2, -0.15) is 5.26 Å². The standard InChI is InChI=1S/C33H39ClN6O/c1-3-24-19-40(32-23(17-35)16-25(34)18-37-32)15-13-33(24)22-39(20-26-8-7-14-36-26)21-30-28(33)11-12-29(38-30)27-9-5-6-10-31(27)41-4-2/h5-6,9-12,16,18,24,26,36H,3-4,7-8,13-15,19-22H2,1-2H3/t24?,26-,33?/m0/s1. The molecule has 3 aliphatic heterocycles. The third-order valence-corrected chi connectivity index (χ3v) is 9.50. The lowest BCUT2D eigenvalue weighted by Gasteiger charge is -2.53. The molecule has 3 aliphatic rings. The fraction of sp³-hybridized carbons (Fsp3) is 0.485. The first-order chi connectivity index (χ1) is 20.0. The Balaban J connectivity index is 1.38. The Morgan fingerprint density at radius 3 is 2.88 bits per heavy atom. The van der Waals surface area contributed by atoms with Crippen molar-refractivity contribution in [1.29, 1.82) is 5.26 Å². The lowest BCUT2D eigenvalue weighted by molar-refractivity contribution is 0.0966. The molecule has 2 aromatic heterocycles. The third-order valence-electron chi connectivity index (χ3n) is 9.29. The molecular weight excluding hydrogens is 532 g/mol. The van der Waals surface area contributed by atoms with Crippen molar-refractivity contribution in [3.8, 4) is 23.1 Å². The minimum atomic E-state index is -0.0123. The number of para-hydroxylation sites is 1. The SMILES string of the molecule is CCOc1ccccc1-c1ccc2c(n1)CN(C[C@@H]1CCCN1)CC21CCN(c2ncc(Cl)cc2C#N)CC1CC. The number of halogens is 1. The van der Waals surface area contributed by atoms with Crippen LogP contribution in [0.3, 0.4) is 0 Å². The van der Waals surface area contributed by atoms with Crippen LogP contribution >= 0.6 is 11.6 Å². The van der Waals surface area contributed by atoms with E-state index in [-0.39, 0.29) is 5.41 Å². The second-order valence-corrected chi connectivity index (χ2v) is 12.1. The van der Waals surface area contributed by atoms with E-state index < -0.39 is 0 Å². The number of nitriles is 1. The summed E-state index contributed by atoms with van der Waals surface area (Å²) >= 11 is 6.18. The number of fused-ring (bicyclic) bond motifs is 2. The highest BCUT2D eigenvalue weighted by Crippen LogP contribution is 2.47. The fourth-order valence-electron chi connectivity index (χ4n) is 7.40. The van der Waals surface area contributed by atoms with E-state index in [2.05, 4.69) is 57.4 Å². The van der Waals surface area contributed by atoms with Crippen LogP contribution in [0.5, 0.6) is 5.75 Å². The van der Waals surface area contributed by atoms with Crippen LogP contribution in [0.25, 0.3) is 11.3 Å². The lowest BCUT2D eigenvalue weighted by atomic mass is 9.62. The summed E-state index contributed by atoms with van der Waals surface area (Å²) in [4.78, 5) is 14.9. The molecule has 2 saturated heterocycles. The van der Waals surface area contributed by atoms with Crippen LogP contribution in [0.15, 0.2) is 48.7 Å². The Kier molecular flexibility index (Phi) is 8.16. The van der Waals surface area contributed by atoms with Crippen LogP contribution in [0, 0.1) is 17.2 Å². The van der Waals surface area contributed by atoms with E-state index in [1.807, 2.05) is 19.1 Å². The number of aromatic nitrogens is 2. The van der Waals surface area contributed by atoms with Gasteiger partial charge in [0, 0.05) is 55.9 Å². The van der Waals surface area contributed by atoms with Crippen molar-refractivity contribution in [1.82, 2.24) is 20.2 Å². The molecule has 214 valence electrons. The topological polar surface area (TPSA) is 77.3 Å². The molecule has 0 amide bonds. The zero-order valence-corrected chi connectivity index (χ0v) is 24.8. The summed E-state index contributed by atoms with van der Waals surface area (Å²) in [7, 11) is 0. The highest BCUT2D eigenvalue weighted by Gasteiger charge is 2.49. The average Bonchev–Trinajstić information content (AvgIpc) is 3.50. The zero-order chi connectivity index (χ0) is 28.4. The van der Waals surface area contributed by atoms with Crippen molar-refractivity contribution < 1.29 is 4.74 Å². The smallest absolute Gasteiger partial charge is 0.146 e. The number of hydrogen-bond donors (Lipinski definition) is 1. The van der Waals surface area contributed by atoms with Crippen molar-refractivity contribution in [2.24, 2.45) is 5.92 Å². The van der Waals surface area contributed by atoms with Crippen LogP contribution in [-0.2, 0) is 12.0 Å². The second-order valence-electron chi connectivity index (χ2n) is 11.7. The molecule has 0 bridgehead atoms. The van der Waals surface area contributed by atoms with Gasteiger partial charge in [0.25, 0.3) is 0 Å². The molecule has 3 atom stereocenters. The molecule has 1 N–H and O–H groups in total. The second kappa shape index (κ2) is 12.0. The van der Waals surface area contributed by atoms with Gasteiger partial charge in [0.15, 0.2) is 0 Å². The molecule has 41 heavy (non-hydrogen) atoms. The number of piperidine rings is 1. The Hall–Kier alpha value is -3.18. The van der Waals surface area contributed by atoms with Gasteiger partial charge in [0.2, 0.25) is 0 Å². The van der Waals surface area contributed by atoms with Crippen molar-refractivity contribution in [2.75, 3.05) is 44.2 Å². The van der Waals surface area contributed by atoms with Crippen LogP contribution in [0.4, 0.5) is 5.82 Å². The van der Waals surface area contributed by atoms with E-state index in [1.165, 1.54) is 24.1 Å². The molecule has 2 unspecified atom stereocenters. The molecule has 0 radical (unpaired) electrons. The van der Waals surface area contributed by atoms with E-state index in [0.29, 0.717) is 29.2 Å². The predicted octanol–water partition coefficient (Wildman–Crippen LogP) is 5.81. The number of nitrogens with one attached hydrogen (secondary N) is 1. The fourth-order valence-corrected chi connectivity index (χ4v) is 7.56. The molecule has 7 nitrogen and oxygen atoms in total. The number of rotatable bonds is 7. The van der Waals surface area contributed by atoms with Crippen LogP contribution < -0.4 is 15.0 Å². The monoisotopic (exact) mass is 570 g/mol. The van der Waals surface area contributed by atoms with Crippen molar-refractivity contribution in [2.45, 2.75) is 57.5 Å². The van der Waals surface area contributed by atoms with Crippen molar-refractivity contribution in [3.05, 3.63) is 70.5 Å². The largest absolute Gasteiger partial charge is 0.493 e. The third kappa shape index (κ3) is 5.41. The maximum atomic E-state index is 9.81. The highest BCUT2D eigenvalue weighted by molar-refractivity contribution is 6.30. The van der Waals surface area contributed by atoms with E-state index in [1.54, 1.807) is 12.3 Å². The van der Waals surface area contributed by atoms with Gasteiger partial charge in [-0.15, -0.1) is 0 Å². The van der Waals surface area contributed by atoms with Crippen LogP contribution in [0.1, 0.15) is 56.4 Å². The van der Waals surface area contributed by atoms with E-state index in [0.717, 1.165) is 74.9 Å². The summed E-state index contributed by atoms with van der Waals surface area (Å²) in [6.45, 7) is 10.7. The summed E-state index contributed by atoms with van der Waals surface area (Å²) in [6.07, 6.45) is 6.16. The quantitative estimate of drug-likeness (QED) is 0.384. The zero-order valence-electron chi connectivity index (χ0n) is 24.1. The van der Waals surface area contributed by atoms with Crippen molar-refractivity contribution in [3.63, 3.8) is 0 Å². The van der Waals surface area contributed by atoms with Gasteiger partial charge >= 0.3 is 0 Å². The molecule has 1 aromatic carbocycles. The summed E-state index contributed by atoms with van der Waals surface area (Å²) in [5.41, 5.74) is 5.12. The van der Waals surface area contributed by atoms with Crippen LogP contribution in [0.2, 0.25) is 5.02 Å². The van der Waals surface area contributed by atoms with E-state index in [9.17, 15) is 5.26 Å².